The van der Waals surface area contributed by atoms with Crippen LogP contribution in [-0.2, 0) is 11.3 Å². The second kappa shape index (κ2) is 9.42. The molecular weight excluding hydrogens is 392 g/mol. The van der Waals surface area contributed by atoms with Crippen molar-refractivity contribution in [3.63, 3.8) is 0 Å². The summed E-state index contributed by atoms with van der Waals surface area (Å²) in [6, 6.07) is 13.2. The number of benzene rings is 2. The van der Waals surface area contributed by atoms with Gasteiger partial charge in [-0.15, -0.1) is 10.2 Å². The average Bonchev–Trinajstić information content (AvgIpc) is 3.48. The third-order valence-corrected chi connectivity index (χ3v) is 5.44. The summed E-state index contributed by atoms with van der Waals surface area (Å²) in [7, 11) is 0. The van der Waals surface area contributed by atoms with Gasteiger partial charge >= 0.3 is 0 Å². The lowest BCUT2D eigenvalue weighted by Crippen LogP contribution is -2.21. The molecule has 0 radical (unpaired) electrons. The van der Waals surface area contributed by atoms with Crippen molar-refractivity contribution in [1.29, 1.82) is 0 Å². The Labute approximate surface area is 181 Å². The molecule has 2 aromatic carbocycles. The number of hydrogen-bond donors (Lipinski definition) is 2. The van der Waals surface area contributed by atoms with Crippen molar-refractivity contribution in [3.05, 3.63) is 66.2 Å². The van der Waals surface area contributed by atoms with Gasteiger partial charge in [-0.2, -0.15) is 0 Å². The van der Waals surface area contributed by atoms with Gasteiger partial charge in [-0.3, -0.25) is 9.59 Å². The molecule has 1 saturated heterocycles. The molecular formula is C23H26N6O2. The van der Waals surface area contributed by atoms with Crippen molar-refractivity contribution in [2.24, 2.45) is 0 Å². The molecule has 2 amide bonds. The van der Waals surface area contributed by atoms with Gasteiger partial charge < -0.3 is 20.1 Å². The number of aryl methyl sites for hydroxylation is 2. The van der Waals surface area contributed by atoms with Gasteiger partial charge in [-0.25, -0.2) is 0 Å². The zero-order valence-corrected chi connectivity index (χ0v) is 17.5. The summed E-state index contributed by atoms with van der Waals surface area (Å²) < 4.78 is 1.74. The normalized spacial score (nSPS) is 13.3. The van der Waals surface area contributed by atoms with Gasteiger partial charge in [0.1, 0.15) is 12.7 Å². The summed E-state index contributed by atoms with van der Waals surface area (Å²) >= 11 is 0. The van der Waals surface area contributed by atoms with Crippen LogP contribution in [0.1, 0.15) is 35.2 Å². The van der Waals surface area contributed by atoms with Crippen LogP contribution in [0, 0.1) is 6.92 Å². The van der Waals surface area contributed by atoms with Crippen LogP contribution in [0.4, 0.5) is 17.1 Å². The van der Waals surface area contributed by atoms with Crippen LogP contribution in [0.25, 0.3) is 0 Å². The first-order valence-corrected chi connectivity index (χ1v) is 10.5. The predicted molar refractivity (Wildman–Crippen MR) is 120 cm³/mol. The minimum Gasteiger partial charge on any atom is -0.370 e. The van der Waals surface area contributed by atoms with Crippen molar-refractivity contribution in [2.75, 3.05) is 28.6 Å². The maximum Gasteiger partial charge on any atom is 0.255 e. The fraction of sp³-hybridized carbons (Fsp3) is 0.304. The molecule has 1 aromatic heterocycles. The Hall–Kier alpha value is -3.68. The molecule has 8 nitrogen and oxygen atoms in total. The fourth-order valence-electron chi connectivity index (χ4n) is 3.69. The number of nitrogens with zero attached hydrogens (tertiary/aromatic N) is 4. The van der Waals surface area contributed by atoms with Crippen molar-refractivity contribution in [3.8, 4) is 0 Å². The molecule has 2 N–H and O–H groups in total. The second-order valence-corrected chi connectivity index (χ2v) is 7.69. The number of aromatic nitrogens is 3. The van der Waals surface area contributed by atoms with E-state index < -0.39 is 0 Å². The first-order valence-electron chi connectivity index (χ1n) is 10.5. The van der Waals surface area contributed by atoms with E-state index in [9.17, 15) is 9.59 Å². The van der Waals surface area contributed by atoms with E-state index in [0.717, 1.165) is 30.0 Å². The Bertz CT molecular complexity index is 1060. The van der Waals surface area contributed by atoms with Gasteiger partial charge in [0.25, 0.3) is 5.91 Å². The molecule has 1 fully saturated rings. The molecule has 0 spiro atoms. The lowest BCUT2D eigenvalue weighted by Gasteiger charge is -2.21. The third-order valence-electron chi connectivity index (χ3n) is 5.44. The molecule has 3 aromatic rings. The highest BCUT2D eigenvalue weighted by Crippen LogP contribution is 2.29. The Morgan fingerprint density at radius 3 is 2.48 bits per heavy atom. The molecule has 2 heterocycles. The number of amides is 2. The largest absolute Gasteiger partial charge is 0.370 e. The molecule has 0 saturated carbocycles. The highest BCUT2D eigenvalue weighted by molar-refractivity contribution is 6.07. The number of nitrogens with one attached hydrogen (secondary N) is 2. The average molecular weight is 419 g/mol. The SMILES string of the molecule is Cc1ccc(C(=O)Nc2ccccc2N2CCCC2)cc1NC(=O)CCn1cnnc1. The van der Waals surface area contributed by atoms with E-state index in [-0.39, 0.29) is 18.2 Å². The van der Waals surface area contributed by atoms with Crippen LogP contribution in [0.2, 0.25) is 0 Å². The minimum atomic E-state index is -0.202. The van der Waals surface area contributed by atoms with Gasteiger partial charge in [0.15, 0.2) is 0 Å². The number of para-hydroxylation sites is 2. The Kier molecular flexibility index (Phi) is 6.26. The number of hydrogen-bond acceptors (Lipinski definition) is 5. The van der Waals surface area contributed by atoms with E-state index in [1.165, 1.54) is 12.8 Å². The lowest BCUT2D eigenvalue weighted by molar-refractivity contribution is -0.116. The monoisotopic (exact) mass is 418 g/mol. The van der Waals surface area contributed by atoms with Crippen LogP contribution in [0.3, 0.4) is 0 Å². The quantitative estimate of drug-likeness (QED) is 0.613. The van der Waals surface area contributed by atoms with E-state index in [1.54, 1.807) is 29.4 Å². The first-order chi connectivity index (χ1) is 15.1. The number of carbonyl (C=O) groups excluding carboxylic acids is 2. The molecule has 1 aliphatic rings. The summed E-state index contributed by atoms with van der Waals surface area (Å²) in [6.45, 7) is 4.40. The first kappa shape index (κ1) is 20.6. The Morgan fingerprint density at radius 2 is 1.71 bits per heavy atom. The second-order valence-electron chi connectivity index (χ2n) is 7.69. The zero-order chi connectivity index (χ0) is 21.6. The smallest absolute Gasteiger partial charge is 0.255 e. The number of rotatable bonds is 7. The zero-order valence-electron chi connectivity index (χ0n) is 17.5. The van der Waals surface area contributed by atoms with Gasteiger partial charge in [-0.1, -0.05) is 18.2 Å². The van der Waals surface area contributed by atoms with Gasteiger partial charge in [0.05, 0.1) is 11.4 Å². The summed E-state index contributed by atoms with van der Waals surface area (Å²) in [4.78, 5) is 27.6. The summed E-state index contributed by atoms with van der Waals surface area (Å²) in [5.41, 5.74) is 3.87. The summed E-state index contributed by atoms with van der Waals surface area (Å²) in [5, 5.41) is 13.4. The molecule has 4 rings (SSSR count). The van der Waals surface area contributed by atoms with Gasteiger partial charge in [0, 0.05) is 37.3 Å². The summed E-state index contributed by atoms with van der Waals surface area (Å²) in [6.07, 6.45) is 5.77. The molecule has 31 heavy (non-hydrogen) atoms. The maximum atomic E-state index is 13.0. The number of carbonyl (C=O) groups is 2. The van der Waals surface area contributed by atoms with Crippen LogP contribution in [0.15, 0.2) is 55.1 Å². The van der Waals surface area contributed by atoms with E-state index >= 15 is 0 Å². The Morgan fingerprint density at radius 1 is 0.968 bits per heavy atom. The maximum absolute atomic E-state index is 13.0. The molecule has 0 unspecified atom stereocenters. The van der Waals surface area contributed by atoms with E-state index in [1.807, 2.05) is 37.3 Å². The molecule has 0 aliphatic carbocycles. The van der Waals surface area contributed by atoms with E-state index in [2.05, 4.69) is 25.7 Å². The minimum absolute atomic E-state index is 0.131. The molecule has 8 heteroatoms. The van der Waals surface area contributed by atoms with E-state index in [4.69, 9.17) is 0 Å². The number of anilines is 3. The van der Waals surface area contributed by atoms with Crippen molar-refractivity contribution >= 4 is 28.9 Å². The van der Waals surface area contributed by atoms with Crippen LogP contribution >= 0.6 is 0 Å². The lowest BCUT2D eigenvalue weighted by atomic mass is 10.1. The Balaban J connectivity index is 1.44. The van der Waals surface area contributed by atoms with Crippen molar-refractivity contribution in [1.82, 2.24) is 14.8 Å². The highest BCUT2D eigenvalue weighted by atomic mass is 16.2. The third kappa shape index (κ3) is 5.09. The molecule has 0 bridgehead atoms. The molecule has 1 aliphatic heterocycles. The van der Waals surface area contributed by atoms with Crippen molar-refractivity contribution in [2.45, 2.75) is 32.7 Å². The molecule has 160 valence electrons. The van der Waals surface area contributed by atoms with Crippen molar-refractivity contribution < 1.29 is 9.59 Å². The summed E-state index contributed by atoms with van der Waals surface area (Å²) in [5.74, 6) is -0.333. The van der Waals surface area contributed by atoms with Crippen LogP contribution in [-0.4, -0.2) is 39.7 Å². The van der Waals surface area contributed by atoms with E-state index in [0.29, 0.717) is 17.8 Å². The highest BCUT2D eigenvalue weighted by Gasteiger charge is 2.17. The predicted octanol–water partition coefficient (Wildman–Crippen LogP) is 3.47. The van der Waals surface area contributed by atoms with Crippen LogP contribution < -0.4 is 15.5 Å². The topological polar surface area (TPSA) is 92.2 Å². The van der Waals surface area contributed by atoms with Crippen LogP contribution in [0.5, 0.6) is 0 Å². The fourth-order valence-corrected chi connectivity index (χ4v) is 3.69. The standard InChI is InChI=1S/C23H26N6O2/c1-17-8-9-18(14-20(17)26-22(30)10-13-28-15-24-25-16-28)23(31)27-19-6-2-3-7-21(19)29-11-4-5-12-29/h2-3,6-9,14-16H,4-5,10-13H2,1H3,(H,26,30)(H,27,31). The van der Waals surface area contributed by atoms with Gasteiger partial charge in [-0.05, 0) is 49.6 Å². The van der Waals surface area contributed by atoms with Gasteiger partial charge in [0.2, 0.25) is 5.91 Å². The molecule has 0 atom stereocenters.